The summed E-state index contributed by atoms with van der Waals surface area (Å²) in [5, 5.41) is 8.90. The van der Waals surface area contributed by atoms with Crippen LogP contribution in [0.2, 0.25) is 10.0 Å². The summed E-state index contributed by atoms with van der Waals surface area (Å²) >= 11 is 12.6. The van der Waals surface area contributed by atoms with Gasteiger partial charge >= 0.3 is 0 Å². The molecule has 3 aromatic heterocycles. The summed E-state index contributed by atoms with van der Waals surface area (Å²) < 4.78 is 26.9. The number of rotatable bonds is 6. The van der Waals surface area contributed by atoms with E-state index in [-0.39, 0.29) is 5.54 Å². The molecule has 188 valence electrons. The first-order valence-corrected chi connectivity index (χ1v) is 12.1. The average molecular weight is 531 g/mol. The van der Waals surface area contributed by atoms with Crippen LogP contribution in [0.1, 0.15) is 31.9 Å². The lowest BCUT2D eigenvalue weighted by Gasteiger charge is -2.21. The van der Waals surface area contributed by atoms with Gasteiger partial charge in [0.25, 0.3) is 0 Å². The van der Waals surface area contributed by atoms with Crippen molar-refractivity contribution in [3.05, 3.63) is 58.2 Å². The lowest BCUT2D eigenvalue weighted by atomic mass is 10.0. The molecule has 0 saturated carbocycles. The molecule has 0 spiro atoms. The van der Waals surface area contributed by atoms with E-state index in [4.69, 9.17) is 38.4 Å². The first kappa shape index (κ1) is 24.5. The van der Waals surface area contributed by atoms with Gasteiger partial charge in [-0.25, -0.2) is 9.37 Å². The number of H-pyrrole nitrogens is 1. The fourth-order valence-electron chi connectivity index (χ4n) is 4.51. The van der Waals surface area contributed by atoms with E-state index in [1.54, 1.807) is 25.4 Å². The number of pyridine rings is 2. The van der Waals surface area contributed by atoms with Gasteiger partial charge in [0.2, 0.25) is 0 Å². The molecule has 2 atom stereocenters. The minimum absolute atomic E-state index is 0.290. The number of methoxy groups -OCH3 is 1. The summed E-state index contributed by atoms with van der Waals surface area (Å²) in [6, 6.07) is 5.00. The Morgan fingerprint density at radius 3 is 2.56 bits per heavy atom. The Kier molecular flexibility index (Phi) is 6.40. The molecule has 1 aliphatic rings. The van der Waals surface area contributed by atoms with Gasteiger partial charge in [0.1, 0.15) is 11.8 Å². The molecule has 0 radical (unpaired) electrons. The molecule has 0 unspecified atom stereocenters. The maximum atomic E-state index is 15.1. The van der Waals surface area contributed by atoms with Crippen LogP contribution in [-0.2, 0) is 0 Å². The summed E-state index contributed by atoms with van der Waals surface area (Å²) in [6.07, 6.45) is 4.92. The lowest BCUT2D eigenvalue weighted by molar-refractivity contribution is 0.216. The van der Waals surface area contributed by atoms with E-state index >= 15 is 4.39 Å². The monoisotopic (exact) mass is 530 g/mol. The zero-order valence-corrected chi connectivity index (χ0v) is 21.5. The number of aromatic nitrogens is 4. The number of nitrogens with zero attached hydrogens (tertiary/aromatic N) is 4. The fraction of sp³-hybridized carbons (Fsp3) is 0.320. The van der Waals surface area contributed by atoms with Crippen LogP contribution in [0.25, 0.3) is 22.2 Å². The van der Waals surface area contributed by atoms with Gasteiger partial charge < -0.3 is 20.1 Å². The smallest absolute Gasteiger partial charge is 0.166 e. The zero-order valence-electron chi connectivity index (χ0n) is 20.0. The van der Waals surface area contributed by atoms with Crippen molar-refractivity contribution in [1.82, 2.24) is 20.2 Å². The number of hydrogen-bond acceptors (Lipinski definition) is 7. The van der Waals surface area contributed by atoms with Gasteiger partial charge in [0.15, 0.2) is 23.1 Å². The molecule has 4 aromatic rings. The van der Waals surface area contributed by atoms with Gasteiger partial charge in [-0.05, 0) is 32.4 Å². The van der Waals surface area contributed by atoms with Crippen molar-refractivity contribution in [1.29, 1.82) is 0 Å². The van der Waals surface area contributed by atoms with Crippen molar-refractivity contribution in [2.75, 3.05) is 25.1 Å². The van der Waals surface area contributed by atoms with Gasteiger partial charge in [0, 0.05) is 59.8 Å². The largest absolute Gasteiger partial charge is 0.493 e. The van der Waals surface area contributed by atoms with E-state index in [1.807, 2.05) is 18.7 Å². The first-order chi connectivity index (χ1) is 17.2. The number of aromatic amines is 1. The molecule has 0 bridgehead atoms. The number of halogens is 3. The molecule has 3 N–H and O–H groups in total. The Morgan fingerprint density at radius 1 is 1.17 bits per heavy atom. The highest BCUT2D eigenvalue weighted by Crippen LogP contribution is 2.40. The van der Waals surface area contributed by atoms with Crippen LogP contribution in [0.5, 0.6) is 11.5 Å². The maximum absolute atomic E-state index is 15.1. The fourth-order valence-corrected chi connectivity index (χ4v) is 5.19. The quantitative estimate of drug-likeness (QED) is 0.337. The van der Waals surface area contributed by atoms with Gasteiger partial charge in [-0.3, -0.25) is 10.1 Å². The number of benzene rings is 1. The Hall–Kier alpha value is -3.14. The Labute approximate surface area is 217 Å². The van der Waals surface area contributed by atoms with Gasteiger partial charge in [-0.15, -0.1) is 0 Å². The lowest BCUT2D eigenvalue weighted by Crippen LogP contribution is -2.39. The molecule has 1 aromatic carbocycles. The van der Waals surface area contributed by atoms with E-state index < -0.39 is 11.9 Å². The second kappa shape index (κ2) is 9.38. The molecule has 11 heteroatoms. The topological polar surface area (TPSA) is 102 Å². The van der Waals surface area contributed by atoms with Gasteiger partial charge in [-0.2, -0.15) is 5.10 Å². The number of anilines is 1. The molecule has 1 fully saturated rings. The van der Waals surface area contributed by atoms with E-state index in [2.05, 4.69) is 20.2 Å². The van der Waals surface area contributed by atoms with Crippen molar-refractivity contribution in [3.63, 3.8) is 0 Å². The Bertz CT molecular complexity index is 1420. The van der Waals surface area contributed by atoms with E-state index in [9.17, 15) is 0 Å². The zero-order chi connectivity index (χ0) is 25.6. The van der Waals surface area contributed by atoms with Crippen LogP contribution in [0, 0.1) is 5.82 Å². The molecule has 1 aliphatic heterocycles. The minimum atomic E-state index is -0.498. The normalized spacial score (nSPS) is 18.6. The molecule has 1 saturated heterocycles. The molecule has 0 amide bonds. The first-order valence-electron chi connectivity index (χ1n) is 11.4. The second-order valence-corrected chi connectivity index (χ2v) is 10.1. The van der Waals surface area contributed by atoms with Crippen molar-refractivity contribution in [2.45, 2.75) is 31.9 Å². The van der Waals surface area contributed by atoms with Crippen molar-refractivity contribution >= 4 is 39.9 Å². The molecule has 36 heavy (non-hydrogen) atoms. The number of nitrogens with two attached hydrogens (primary N) is 1. The third kappa shape index (κ3) is 4.54. The van der Waals surface area contributed by atoms with Crippen LogP contribution < -0.4 is 20.1 Å². The van der Waals surface area contributed by atoms with Crippen LogP contribution >= 0.6 is 23.2 Å². The van der Waals surface area contributed by atoms with E-state index in [0.717, 1.165) is 11.8 Å². The number of fused-ring (bicyclic) bond motifs is 1. The van der Waals surface area contributed by atoms with Crippen molar-refractivity contribution in [3.8, 4) is 22.8 Å². The molecule has 0 aliphatic carbocycles. The predicted octanol–water partition coefficient (Wildman–Crippen LogP) is 5.54. The van der Waals surface area contributed by atoms with Crippen LogP contribution in [0.4, 0.5) is 10.2 Å². The van der Waals surface area contributed by atoms with E-state index in [0.29, 0.717) is 62.8 Å². The number of hydrogen-bond donors (Lipinski definition) is 2. The van der Waals surface area contributed by atoms with Crippen LogP contribution in [0.15, 0.2) is 36.8 Å². The summed E-state index contributed by atoms with van der Waals surface area (Å²) in [7, 11) is 1.55. The molecule has 4 heterocycles. The van der Waals surface area contributed by atoms with E-state index in [1.165, 1.54) is 18.5 Å². The minimum Gasteiger partial charge on any atom is -0.493 e. The summed E-state index contributed by atoms with van der Waals surface area (Å²) in [4.78, 5) is 10.3. The second-order valence-electron chi connectivity index (χ2n) is 9.25. The van der Waals surface area contributed by atoms with Crippen molar-refractivity contribution in [2.24, 2.45) is 5.73 Å². The average Bonchev–Trinajstić information content (AvgIpc) is 3.40. The highest BCUT2D eigenvalue weighted by molar-refractivity contribution is 6.35. The third-order valence-electron chi connectivity index (χ3n) is 6.35. The number of ether oxygens (including phenoxy) is 2. The SMILES string of the molecule is COc1cc2[nH]nc(-c3cnc(N4CC[C@](C)(N)C4)c(F)c3)c2cc1O[C@H](C)c1c(Cl)cncc1Cl. The Balaban J connectivity index is 1.50. The van der Waals surface area contributed by atoms with Crippen LogP contribution in [0.3, 0.4) is 0 Å². The third-order valence-corrected chi connectivity index (χ3v) is 6.95. The van der Waals surface area contributed by atoms with Gasteiger partial charge in [-0.1, -0.05) is 23.2 Å². The highest BCUT2D eigenvalue weighted by atomic mass is 35.5. The van der Waals surface area contributed by atoms with Gasteiger partial charge in [0.05, 0.1) is 22.7 Å². The standard InChI is InChI=1S/C25H25Cl2FN6O2/c1-13(22-16(26)10-30-11-17(22)27)36-21-7-15-19(8-20(21)35-3)32-33-23(15)14-6-18(28)24(31-9-14)34-5-4-25(2,29)12-34/h6-11,13H,4-5,12,29H2,1-3H3,(H,32,33)/t13-,25+/m1/s1. The van der Waals surface area contributed by atoms with Crippen LogP contribution in [-0.4, -0.2) is 45.9 Å². The van der Waals surface area contributed by atoms with Crippen molar-refractivity contribution < 1.29 is 13.9 Å². The molecular weight excluding hydrogens is 506 g/mol. The number of nitrogens with one attached hydrogen (secondary N) is 1. The maximum Gasteiger partial charge on any atom is 0.166 e. The summed E-state index contributed by atoms with van der Waals surface area (Å²) in [5.41, 5.74) is 8.22. The summed E-state index contributed by atoms with van der Waals surface area (Å²) in [6.45, 7) is 4.99. The predicted molar refractivity (Wildman–Crippen MR) is 139 cm³/mol. The summed E-state index contributed by atoms with van der Waals surface area (Å²) in [5.74, 6) is 0.804. The highest BCUT2D eigenvalue weighted by Gasteiger charge is 2.32. The molecular formula is C25H25Cl2FN6O2. The molecule has 8 nitrogen and oxygen atoms in total. The Morgan fingerprint density at radius 2 is 1.92 bits per heavy atom. The molecule has 5 rings (SSSR count).